The second-order valence-corrected chi connectivity index (χ2v) is 5.25. The van der Waals surface area contributed by atoms with E-state index < -0.39 is 18.3 Å². The van der Waals surface area contributed by atoms with Gasteiger partial charge in [0.25, 0.3) is 0 Å². The van der Waals surface area contributed by atoms with E-state index in [-0.39, 0.29) is 12.6 Å². The molecule has 1 aromatic carbocycles. The molecule has 1 aliphatic rings. The molecular formula is C15H21NO4. The molecule has 0 radical (unpaired) electrons. The Morgan fingerprint density at radius 2 is 1.95 bits per heavy atom. The van der Waals surface area contributed by atoms with Gasteiger partial charge >= 0.3 is 6.09 Å². The van der Waals surface area contributed by atoms with Crippen LogP contribution in [0.1, 0.15) is 24.8 Å². The summed E-state index contributed by atoms with van der Waals surface area (Å²) in [6.07, 6.45) is -0.282. The molecule has 0 unspecified atom stereocenters. The van der Waals surface area contributed by atoms with Gasteiger partial charge in [-0.1, -0.05) is 30.3 Å². The van der Waals surface area contributed by atoms with Crippen LogP contribution >= 0.6 is 0 Å². The molecule has 0 heterocycles. The molecule has 5 nitrogen and oxygen atoms in total. The lowest BCUT2D eigenvalue weighted by atomic mass is 9.90. The highest BCUT2D eigenvalue weighted by Crippen LogP contribution is 2.23. The molecule has 0 spiro atoms. The summed E-state index contributed by atoms with van der Waals surface area (Å²) in [5.74, 6) is 0. The van der Waals surface area contributed by atoms with Crippen LogP contribution in [-0.4, -0.2) is 46.5 Å². The molecule has 2 N–H and O–H groups in total. The number of benzene rings is 1. The van der Waals surface area contributed by atoms with E-state index in [9.17, 15) is 15.0 Å². The van der Waals surface area contributed by atoms with E-state index in [1.54, 1.807) is 7.05 Å². The van der Waals surface area contributed by atoms with Crippen molar-refractivity contribution >= 4 is 6.09 Å². The van der Waals surface area contributed by atoms with Gasteiger partial charge in [-0.25, -0.2) is 4.79 Å². The van der Waals surface area contributed by atoms with E-state index in [1.165, 1.54) is 4.90 Å². The van der Waals surface area contributed by atoms with Gasteiger partial charge in [-0.15, -0.1) is 0 Å². The number of aliphatic hydroxyl groups excluding tert-OH is 2. The number of aliphatic hydroxyl groups is 2. The maximum Gasteiger partial charge on any atom is 0.410 e. The standard InChI is InChI=1S/C15H21NO4/c1-16(12-7-8-13(17)14(18)9-12)15(19)20-10-11-5-3-2-4-6-11/h2-6,12-14,17-18H,7-10H2,1H3/t12-,13-,14+/m1/s1. The van der Waals surface area contributed by atoms with Crippen molar-refractivity contribution in [2.45, 2.75) is 44.1 Å². The van der Waals surface area contributed by atoms with E-state index in [2.05, 4.69) is 0 Å². The molecule has 1 fully saturated rings. The highest BCUT2D eigenvalue weighted by atomic mass is 16.6. The first-order valence-electron chi connectivity index (χ1n) is 6.87. The minimum Gasteiger partial charge on any atom is -0.445 e. The average molecular weight is 279 g/mol. The van der Waals surface area contributed by atoms with Crippen molar-refractivity contribution in [3.8, 4) is 0 Å². The van der Waals surface area contributed by atoms with Crippen molar-refractivity contribution in [1.82, 2.24) is 4.90 Å². The van der Waals surface area contributed by atoms with Crippen LogP contribution in [0.25, 0.3) is 0 Å². The molecule has 20 heavy (non-hydrogen) atoms. The van der Waals surface area contributed by atoms with Crippen LogP contribution in [0.2, 0.25) is 0 Å². The molecule has 0 saturated heterocycles. The Hall–Kier alpha value is -1.59. The molecule has 0 aromatic heterocycles. The Labute approximate surface area is 118 Å². The first-order chi connectivity index (χ1) is 9.58. The predicted molar refractivity (Wildman–Crippen MR) is 74.0 cm³/mol. The average Bonchev–Trinajstić information content (AvgIpc) is 2.48. The Bertz CT molecular complexity index is 437. The normalized spacial score (nSPS) is 26.1. The quantitative estimate of drug-likeness (QED) is 0.880. The Kier molecular flexibility index (Phi) is 4.98. The van der Waals surface area contributed by atoms with Crippen LogP contribution in [0.15, 0.2) is 30.3 Å². The lowest BCUT2D eigenvalue weighted by Gasteiger charge is -2.35. The van der Waals surface area contributed by atoms with Crippen LogP contribution in [0, 0.1) is 0 Å². The number of carbonyl (C=O) groups is 1. The topological polar surface area (TPSA) is 70.0 Å². The molecule has 1 aliphatic carbocycles. The number of nitrogens with zero attached hydrogens (tertiary/aromatic N) is 1. The lowest BCUT2D eigenvalue weighted by Crippen LogP contribution is -2.45. The van der Waals surface area contributed by atoms with Gasteiger partial charge in [0, 0.05) is 13.1 Å². The summed E-state index contributed by atoms with van der Waals surface area (Å²) in [6.45, 7) is 0.238. The van der Waals surface area contributed by atoms with Crippen molar-refractivity contribution in [3.05, 3.63) is 35.9 Å². The van der Waals surface area contributed by atoms with Crippen LogP contribution in [-0.2, 0) is 11.3 Å². The molecule has 0 bridgehead atoms. The monoisotopic (exact) mass is 279 g/mol. The summed E-state index contributed by atoms with van der Waals surface area (Å²) in [4.78, 5) is 13.5. The molecule has 3 atom stereocenters. The zero-order valence-electron chi connectivity index (χ0n) is 11.6. The molecule has 5 heteroatoms. The molecule has 2 rings (SSSR count). The Balaban J connectivity index is 1.83. The molecular weight excluding hydrogens is 258 g/mol. The van der Waals surface area contributed by atoms with E-state index in [1.807, 2.05) is 30.3 Å². The lowest BCUT2D eigenvalue weighted by molar-refractivity contribution is -0.0334. The van der Waals surface area contributed by atoms with Gasteiger partial charge in [0.2, 0.25) is 0 Å². The van der Waals surface area contributed by atoms with Gasteiger partial charge in [0.15, 0.2) is 0 Å². The van der Waals surface area contributed by atoms with Gasteiger partial charge in [0.05, 0.1) is 12.2 Å². The first-order valence-corrected chi connectivity index (χ1v) is 6.87. The number of hydrogen-bond acceptors (Lipinski definition) is 4. The van der Waals surface area contributed by atoms with Crippen LogP contribution in [0.4, 0.5) is 4.79 Å². The summed E-state index contributed by atoms with van der Waals surface area (Å²) < 4.78 is 5.25. The molecule has 1 aromatic rings. The van der Waals surface area contributed by atoms with Gasteiger partial charge in [-0.2, -0.15) is 0 Å². The first kappa shape index (κ1) is 14.8. The van der Waals surface area contributed by atoms with E-state index in [0.29, 0.717) is 19.3 Å². The minimum atomic E-state index is -0.766. The predicted octanol–water partition coefficient (Wildman–Crippen LogP) is 1.53. The molecule has 0 aliphatic heterocycles. The third-order valence-corrected chi connectivity index (χ3v) is 3.79. The van der Waals surface area contributed by atoms with Crippen molar-refractivity contribution in [2.75, 3.05) is 7.05 Å². The van der Waals surface area contributed by atoms with Gasteiger partial charge < -0.3 is 19.8 Å². The summed E-state index contributed by atoms with van der Waals surface area (Å²) in [6, 6.07) is 9.41. The largest absolute Gasteiger partial charge is 0.445 e. The Morgan fingerprint density at radius 3 is 2.60 bits per heavy atom. The van der Waals surface area contributed by atoms with Gasteiger partial charge in [-0.3, -0.25) is 0 Å². The summed E-state index contributed by atoms with van der Waals surface area (Å²) >= 11 is 0. The highest BCUT2D eigenvalue weighted by molar-refractivity contribution is 5.67. The third kappa shape index (κ3) is 3.71. The van der Waals surface area contributed by atoms with Crippen LogP contribution < -0.4 is 0 Å². The zero-order valence-corrected chi connectivity index (χ0v) is 11.6. The Morgan fingerprint density at radius 1 is 1.25 bits per heavy atom. The maximum absolute atomic E-state index is 12.0. The van der Waals surface area contributed by atoms with E-state index >= 15 is 0 Å². The number of ether oxygens (including phenoxy) is 1. The number of carbonyl (C=O) groups excluding carboxylic acids is 1. The highest BCUT2D eigenvalue weighted by Gasteiger charge is 2.32. The van der Waals surface area contributed by atoms with E-state index in [4.69, 9.17) is 4.74 Å². The molecule has 110 valence electrons. The number of rotatable bonds is 3. The van der Waals surface area contributed by atoms with Gasteiger partial charge in [0.1, 0.15) is 6.61 Å². The van der Waals surface area contributed by atoms with Gasteiger partial charge in [-0.05, 0) is 24.8 Å². The van der Waals surface area contributed by atoms with Crippen LogP contribution in [0.5, 0.6) is 0 Å². The van der Waals surface area contributed by atoms with Crippen molar-refractivity contribution in [2.24, 2.45) is 0 Å². The fraction of sp³-hybridized carbons (Fsp3) is 0.533. The second kappa shape index (κ2) is 6.72. The summed E-state index contributed by atoms with van der Waals surface area (Å²) in [5.41, 5.74) is 0.938. The maximum atomic E-state index is 12.0. The van der Waals surface area contributed by atoms with E-state index in [0.717, 1.165) is 5.56 Å². The SMILES string of the molecule is CN(C(=O)OCc1ccccc1)[C@@H]1CC[C@@H](O)[C@@H](O)C1. The molecule has 1 amide bonds. The fourth-order valence-electron chi connectivity index (χ4n) is 2.43. The fourth-order valence-corrected chi connectivity index (χ4v) is 2.43. The zero-order chi connectivity index (χ0) is 14.5. The smallest absolute Gasteiger partial charge is 0.410 e. The summed E-state index contributed by atoms with van der Waals surface area (Å²) in [7, 11) is 1.67. The number of hydrogen-bond donors (Lipinski definition) is 2. The number of amides is 1. The molecule has 1 saturated carbocycles. The second-order valence-electron chi connectivity index (χ2n) is 5.25. The van der Waals surface area contributed by atoms with Crippen molar-refractivity contribution in [1.29, 1.82) is 0 Å². The van der Waals surface area contributed by atoms with Crippen molar-refractivity contribution < 1.29 is 19.7 Å². The third-order valence-electron chi connectivity index (χ3n) is 3.79. The van der Waals surface area contributed by atoms with Crippen LogP contribution in [0.3, 0.4) is 0 Å². The van der Waals surface area contributed by atoms with Crippen molar-refractivity contribution in [3.63, 3.8) is 0 Å². The minimum absolute atomic E-state index is 0.0864. The summed E-state index contributed by atoms with van der Waals surface area (Å²) in [5, 5.41) is 19.1.